The molecule has 1 saturated heterocycles. The third-order valence-corrected chi connectivity index (χ3v) is 5.90. The van der Waals surface area contributed by atoms with Crippen LogP contribution in [-0.4, -0.2) is 63.4 Å². The van der Waals surface area contributed by atoms with Crippen molar-refractivity contribution in [3.63, 3.8) is 0 Å². The lowest BCUT2D eigenvalue weighted by atomic mass is 10.1. The lowest BCUT2D eigenvalue weighted by molar-refractivity contribution is -0.0334. The van der Waals surface area contributed by atoms with Crippen molar-refractivity contribution in [3.05, 3.63) is 58.3 Å². The molecule has 166 valence electrons. The Morgan fingerprint density at radius 1 is 1.27 bits per heavy atom. The third kappa shape index (κ3) is 8.14. The number of rotatable bonds is 9. The molecule has 2 unspecified atom stereocenters. The Morgan fingerprint density at radius 2 is 2.10 bits per heavy atom. The SMILES string of the molecule is CN=C(NCCOCc1ccccc1)NCC(c1cccs1)N1CCOC(C)C1.I. The summed E-state index contributed by atoms with van der Waals surface area (Å²) >= 11 is 1.80. The van der Waals surface area contributed by atoms with Gasteiger partial charge in [0.1, 0.15) is 0 Å². The lowest BCUT2D eigenvalue weighted by Gasteiger charge is -2.37. The number of nitrogens with zero attached hydrogens (tertiary/aromatic N) is 2. The number of benzene rings is 1. The number of nitrogens with one attached hydrogen (secondary N) is 2. The number of ether oxygens (including phenoxy) is 2. The number of halogens is 1. The molecular formula is C22H33IN4O2S. The minimum atomic E-state index is 0. The van der Waals surface area contributed by atoms with Crippen molar-refractivity contribution in [1.82, 2.24) is 15.5 Å². The molecular weight excluding hydrogens is 511 g/mol. The Bertz CT molecular complexity index is 730. The summed E-state index contributed by atoms with van der Waals surface area (Å²) in [6.45, 7) is 7.60. The van der Waals surface area contributed by atoms with E-state index in [1.165, 1.54) is 10.4 Å². The molecule has 0 aliphatic carbocycles. The van der Waals surface area contributed by atoms with Crippen molar-refractivity contribution in [2.24, 2.45) is 4.99 Å². The zero-order chi connectivity index (χ0) is 20.3. The molecule has 0 radical (unpaired) electrons. The van der Waals surface area contributed by atoms with Gasteiger partial charge in [-0.3, -0.25) is 9.89 Å². The third-order valence-electron chi connectivity index (χ3n) is 4.92. The predicted octanol–water partition coefficient (Wildman–Crippen LogP) is 3.51. The predicted molar refractivity (Wildman–Crippen MR) is 135 cm³/mol. The van der Waals surface area contributed by atoms with E-state index in [1.807, 2.05) is 18.2 Å². The molecule has 0 saturated carbocycles. The quantitative estimate of drug-likeness (QED) is 0.219. The number of aliphatic imine (C=N–C) groups is 1. The van der Waals surface area contributed by atoms with Crippen molar-refractivity contribution in [3.8, 4) is 0 Å². The van der Waals surface area contributed by atoms with Crippen molar-refractivity contribution < 1.29 is 9.47 Å². The van der Waals surface area contributed by atoms with Gasteiger partial charge in [-0.1, -0.05) is 36.4 Å². The molecule has 0 spiro atoms. The average molecular weight is 545 g/mol. The van der Waals surface area contributed by atoms with Gasteiger partial charge in [-0.25, -0.2) is 0 Å². The van der Waals surface area contributed by atoms with Crippen LogP contribution in [0, 0.1) is 0 Å². The Hall–Kier alpha value is -1.20. The van der Waals surface area contributed by atoms with E-state index in [9.17, 15) is 0 Å². The van der Waals surface area contributed by atoms with Gasteiger partial charge in [-0.05, 0) is 23.9 Å². The van der Waals surface area contributed by atoms with Crippen LogP contribution in [0.1, 0.15) is 23.4 Å². The largest absolute Gasteiger partial charge is 0.376 e. The molecule has 2 heterocycles. The monoisotopic (exact) mass is 544 g/mol. The van der Waals surface area contributed by atoms with Crippen molar-refractivity contribution in [1.29, 1.82) is 0 Å². The van der Waals surface area contributed by atoms with Gasteiger partial charge in [0.15, 0.2) is 5.96 Å². The van der Waals surface area contributed by atoms with Crippen LogP contribution in [0.3, 0.4) is 0 Å². The van der Waals surface area contributed by atoms with Gasteiger partial charge in [-0.2, -0.15) is 0 Å². The summed E-state index contributed by atoms with van der Waals surface area (Å²) in [5.74, 6) is 0.802. The molecule has 1 aromatic heterocycles. The molecule has 0 bridgehead atoms. The Kier molecular flexibility index (Phi) is 11.7. The average Bonchev–Trinajstić information content (AvgIpc) is 3.27. The van der Waals surface area contributed by atoms with E-state index in [4.69, 9.17) is 9.47 Å². The lowest BCUT2D eigenvalue weighted by Crippen LogP contribution is -2.48. The van der Waals surface area contributed by atoms with Crippen LogP contribution in [0.5, 0.6) is 0 Å². The molecule has 2 aromatic rings. The maximum atomic E-state index is 5.74. The van der Waals surface area contributed by atoms with Crippen LogP contribution >= 0.6 is 35.3 Å². The Labute approximate surface area is 201 Å². The summed E-state index contributed by atoms with van der Waals surface area (Å²) in [4.78, 5) is 8.23. The van der Waals surface area contributed by atoms with Crippen LogP contribution in [0.15, 0.2) is 52.8 Å². The molecule has 2 atom stereocenters. The minimum Gasteiger partial charge on any atom is -0.376 e. The normalized spacial score (nSPS) is 18.5. The van der Waals surface area contributed by atoms with E-state index in [0.29, 0.717) is 25.8 Å². The summed E-state index contributed by atoms with van der Waals surface area (Å²) in [6.07, 6.45) is 0.269. The van der Waals surface area contributed by atoms with Crippen molar-refractivity contribution in [2.45, 2.75) is 25.7 Å². The highest BCUT2D eigenvalue weighted by Gasteiger charge is 2.26. The van der Waals surface area contributed by atoms with E-state index >= 15 is 0 Å². The van der Waals surface area contributed by atoms with Crippen molar-refractivity contribution >= 4 is 41.3 Å². The molecule has 8 heteroatoms. The van der Waals surface area contributed by atoms with E-state index < -0.39 is 0 Å². The van der Waals surface area contributed by atoms with Gasteiger partial charge in [0.25, 0.3) is 0 Å². The molecule has 1 aliphatic rings. The fraction of sp³-hybridized carbons (Fsp3) is 0.500. The zero-order valence-electron chi connectivity index (χ0n) is 17.8. The first-order valence-corrected chi connectivity index (χ1v) is 11.1. The fourth-order valence-electron chi connectivity index (χ4n) is 3.44. The van der Waals surface area contributed by atoms with E-state index in [0.717, 1.165) is 32.2 Å². The molecule has 6 nitrogen and oxygen atoms in total. The number of hydrogen-bond acceptors (Lipinski definition) is 5. The molecule has 1 aromatic carbocycles. The van der Waals surface area contributed by atoms with E-state index in [1.54, 1.807) is 18.4 Å². The fourth-order valence-corrected chi connectivity index (χ4v) is 4.30. The zero-order valence-corrected chi connectivity index (χ0v) is 20.9. The highest BCUT2D eigenvalue weighted by Crippen LogP contribution is 2.26. The molecule has 30 heavy (non-hydrogen) atoms. The molecule has 1 fully saturated rings. The topological polar surface area (TPSA) is 58.1 Å². The second-order valence-corrected chi connectivity index (χ2v) is 8.10. The number of hydrogen-bond donors (Lipinski definition) is 2. The summed E-state index contributed by atoms with van der Waals surface area (Å²) in [6, 6.07) is 14.9. The first-order valence-electron chi connectivity index (χ1n) is 10.2. The van der Waals surface area contributed by atoms with E-state index in [-0.39, 0.29) is 30.1 Å². The van der Waals surface area contributed by atoms with Crippen LogP contribution in [0.4, 0.5) is 0 Å². The molecule has 0 amide bonds. The summed E-state index contributed by atoms with van der Waals surface area (Å²) < 4.78 is 11.5. The highest BCUT2D eigenvalue weighted by atomic mass is 127. The van der Waals surface area contributed by atoms with Crippen LogP contribution in [0.2, 0.25) is 0 Å². The standard InChI is InChI=1S/C22H32N4O2S.HI/c1-18-16-26(11-13-28-18)20(21-9-6-14-29-21)15-25-22(23-2)24-10-12-27-17-19-7-4-3-5-8-19;/h3-9,14,18,20H,10-13,15-17H2,1-2H3,(H2,23,24,25);1H. The summed E-state index contributed by atoms with van der Waals surface area (Å²) in [5.41, 5.74) is 1.19. The number of morpholine rings is 1. The first-order chi connectivity index (χ1) is 14.3. The summed E-state index contributed by atoms with van der Waals surface area (Å²) in [7, 11) is 1.80. The van der Waals surface area contributed by atoms with E-state index in [2.05, 4.69) is 57.1 Å². The van der Waals surface area contributed by atoms with Crippen LogP contribution in [0.25, 0.3) is 0 Å². The maximum absolute atomic E-state index is 5.74. The Balaban J connectivity index is 0.00000320. The van der Waals surface area contributed by atoms with Gasteiger partial charge in [0, 0.05) is 38.1 Å². The van der Waals surface area contributed by atoms with Crippen molar-refractivity contribution in [2.75, 3.05) is 46.4 Å². The first kappa shape index (κ1) is 25.1. The number of thiophene rings is 1. The summed E-state index contributed by atoms with van der Waals surface area (Å²) in [5, 5.41) is 8.97. The van der Waals surface area contributed by atoms with Gasteiger partial charge in [0.2, 0.25) is 0 Å². The van der Waals surface area contributed by atoms with Gasteiger partial charge in [-0.15, -0.1) is 35.3 Å². The highest BCUT2D eigenvalue weighted by molar-refractivity contribution is 14.0. The van der Waals surface area contributed by atoms with Gasteiger partial charge in [0.05, 0.1) is 32.0 Å². The number of guanidine groups is 1. The van der Waals surface area contributed by atoms with Crippen LogP contribution in [-0.2, 0) is 16.1 Å². The van der Waals surface area contributed by atoms with Gasteiger partial charge >= 0.3 is 0 Å². The molecule has 1 aliphatic heterocycles. The van der Waals surface area contributed by atoms with Crippen LogP contribution < -0.4 is 10.6 Å². The van der Waals surface area contributed by atoms with Gasteiger partial charge < -0.3 is 20.1 Å². The Morgan fingerprint density at radius 3 is 2.80 bits per heavy atom. The second-order valence-electron chi connectivity index (χ2n) is 7.13. The molecule has 2 N–H and O–H groups in total. The second kappa shape index (κ2) is 14.0. The smallest absolute Gasteiger partial charge is 0.191 e. The minimum absolute atomic E-state index is 0. The molecule has 3 rings (SSSR count). The maximum Gasteiger partial charge on any atom is 0.191 e.